The van der Waals surface area contributed by atoms with Gasteiger partial charge >= 0.3 is 17.7 Å². The van der Waals surface area contributed by atoms with Crippen molar-refractivity contribution in [2.75, 3.05) is 20.2 Å². The van der Waals surface area contributed by atoms with E-state index in [1.165, 1.54) is 65.4 Å². The molecule has 2 aromatic rings. The van der Waals surface area contributed by atoms with Crippen molar-refractivity contribution >= 4 is 46.8 Å². The lowest BCUT2D eigenvalue weighted by Crippen LogP contribution is -2.46. The van der Waals surface area contributed by atoms with Gasteiger partial charge in [0.25, 0.3) is 11.7 Å². The van der Waals surface area contributed by atoms with Crippen LogP contribution in [0.2, 0.25) is 5.02 Å². The van der Waals surface area contributed by atoms with E-state index in [-0.39, 0.29) is 55.7 Å². The highest BCUT2D eigenvalue weighted by molar-refractivity contribution is 6.33. The summed E-state index contributed by atoms with van der Waals surface area (Å²) < 4.78 is 30.0. The first-order chi connectivity index (χ1) is 31.1. The number of piperidine rings is 1. The molecule has 1 fully saturated rings. The van der Waals surface area contributed by atoms with E-state index in [9.17, 15) is 29.4 Å². The van der Waals surface area contributed by atoms with Gasteiger partial charge in [-0.15, -0.1) is 0 Å². The number of methoxy groups -OCH3 is 1. The van der Waals surface area contributed by atoms with Gasteiger partial charge in [0, 0.05) is 73.9 Å². The summed E-state index contributed by atoms with van der Waals surface area (Å²) in [4.78, 5) is 87.5. The Morgan fingerprint density at radius 3 is 2.21 bits per heavy atom. The Hall–Kier alpha value is -5.61. The second-order valence-corrected chi connectivity index (χ2v) is 18.3. The van der Waals surface area contributed by atoms with E-state index in [0.29, 0.717) is 31.5 Å². The lowest BCUT2D eigenvalue weighted by Gasteiger charge is -2.38. The number of allylic oxidation sites excluding steroid dienone is 4. The highest BCUT2D eigenvalue weighted by Gasteiger charge is 2.53. The number of nitrogens with zero attached hydrogens (tertiary/aromatic N) is 1. The quantitative estimate of drug-likeness (QED) is 0.206. The zero-order valence-corrected chi connectivity index (χ0v) is 39.7. The molecule has 66 heavy (non-hydrogen) atoms. The Kier molecular flexibility index (Phi) is 15.2. The number of rotatable bonds is 5. The zero-order chi connectivity index (χ0) is 48.5. The van der Waals surface area contributed by atoms with Crippen LogP contribution in [-0.2, 0) is 23.8 Å². The van der Waals surface area contributed by atoms with Gasteiger partial charge in [0.1, 0.15) is 29.0 Å². The van der Waals surface area contributed by atoms with Crippen LogP contribution in [0, 0.1) is 37.5 Å². The van der Waals surface area contributed by atoms with Crippen LogP contribution in [0.5, 0.6) is 11.5 Å². The van der Waals surface area contributed by atoms with Crippen LogP contribution >= 0.6 is 11.6 Å². The van der Waals surface area contributed by atoms with Gasteiger partial charge in [-0.05, 0) is 63.8 Å². The molecule has 5 aliphatic rings. The SMILES string of the molecule is COC1C=COC2(C)Oc3c(C)c(OC(=O)c4ccc(C)c(Cl)c4)c4c(c3C2=O)C(=O)C(N2CCCCC2)=C(NC(=O)C(C)=CC=CC(C)C(O)C(C)C(O)C(C)C(OC(C)=O)C1C)C4=O. The minimum Gasteiger partial charge on any atom is -0.462 e. The van der Waals surface area contributed by atoms with Crippen LogP contribution in [0.15, 0.2) is 65.7 Å². The second kappa shape index (κ2) is 20.1. The van der Waals surface area contributed by atoms with Crippen LogP contribution in [0.3, 0.4) is 0 Å². The lowest BCUT2D eigenvalue weighted by atomic mass is 9.78. The van der Waals surface area contributed by atoms with Crippen molar-refractivity contribution in [1.29, 1.82) is 0 Å². The Labute approximate surface area is 389 Å². The van der Waals surface area contributed by atoms with Gasteiger partial charge in [-0.1, -0.05) is 63.6 Å². The smallest absolute Gasteiger partial charge is 0.343 e. The average Bonchev–Trinajstić information content (AvgIpc) is 3.55. The molecule has 7 rings (SSSR count). The van der Waals surface area contributed by atoms with Gasteiger partial charge in [0.15, 0.2) is 0 Å². The molecule has 16 heteroatoms. The number of hydrogen-bond donors (Lipinski definition) is 3. The first kappa shape index (κ1) is 49.8. The number of aryl methyl sites for hydroxylation is 1. The summed E-state index contributed by atoms with van der Waals surface area (Å²) in [6, 6.07) is 4.51. The molecule has 3 N–H and O–H groups in total. The fourth-order valence-corrected chi connectivity index (χ4v) is 9.26. The van der Waals surface area contributed by atoms with E-state index < -0.39 is 94.6 Å². The number of benzene rings is 2. The molecule has 0 aromatic heterocycles. The number of amides is 1. The summed E-state index contributed by atoms with van der Waals surface area (Å²) >= 11 is 6.38. The molecule has 4 heterocycles. The Morgan fingerprint density at radius 2 is 1.58 bits per heavy atom. The third-order valence-electron chi connectivity index (χ3n) is 13.2. The van der Waals surface area contributed by atoms with Gasteiger partial charge in [-0.25, -0.2) is 4.79 Å². The molecule has 2 aromatic carbocycles. The summed E-state index contributed by atoms with van der Waals surface area (Å²) in [5.74, 6) is -10.0. The number of carbonyl (C=O) groups excluding carboxylic acids is 6. The fourth-order valence-electron chi connectivity index (χ4n) is 9.08. The molecule has 1 aliphatic carbocycles. The molecule has 9 unspecified atom stereocenters. The first-order valence-corrected chi connectivity index (χ1v) is 22.6. The van der Waals surface area contributed by atoms with Gasteiger partial charge in [-0.3, -0.25) is 24.0 Å². The van der Waals surface area contributed by atoms with Gasteiger partial charge < -0.3 is 44.1 Å². The topological polar surface area (TPSA) is 204 Å². The maximum Gasteiger partial charge on any atom is 0.343 e. The molecule has 0 saturated carbocycles. The zero-order valence-electron chi connectivity index (χ0n) is 39.0. The maximum atomic E-state index is 15.3. The number of carbonyl (C=O) groups is 6. The molecule has 0 spiro atoms. The molecule has 15 nitrogen and oxygen atoms in total. The minimum absolute atomic E-state index is 0.0191. The van der Waals surface area contributed by atoms with Crippen LogP contribution in [0.1, 0.15) is 120 Å². The van der Waals surface area contributed by atoms with Gasteiger partial charge in [-0.2, -0.15) is 0 Å². The standard InChI is InChI=1S/C50H59ClN2O13/c1-24-17-18-32(23-33(24)51)49(61)65-45-30(7)46-37-35-36(45)42(57)38(39(43(35)58)53-20-12-11-13-21-53)52-48(60)26(3)16-14-15-25(2)40(55)28(5)41(56)29(6)44(64-31(8)54)27(4)34(62-10)19-22-63-50(9,66-46)47(37)59/h14-19,22-23,25,27-29,34,40-41,44,55-56H,11-13,20-21H2,1-10H3,(H,52,60). The molecule has 4 aliphatic heterocycles. The summed E-state index contributed by atoms with van der Waals surface area (Å²) in [5, 5.41) is 26.0. The van der Waals surface area contributed by atoms with Crippen LogP contribution < -0.4 is 14.8 Å². The van der Waals surface area contributed by atoms with E-state index in [1.54, 1.807) is 57.7 Å². The van der Waals surface area contributed by atoms with E-state index in [1.807, 2.05) is 0 Å². The summed E-state index contributed by atoms with van der Waals surface area (Å²) in [7, 11) is 1.42. The number of aliphatic hydroxyl groups excluding tert-OH is 2. The molecule has 9 atom stereocenters. The fraction of sp³-hybridized carbons (Fsp3) is 0.480. The van der Waals surface area contributed by atoms with Crippen LogP contribution in [-0.4, -0.2) is 101 Å². The number of ether oxygens (including phenoxy) is 5. The molecule has 354 valence electrons. The van der Waals surface area contributed by atoms with Gasteiger partial charge in [0.2, 0.25) is 11.6 Å². The van der Waals surface area contributed by atoms with E-state index in [2.05, 4.69) is 5.32 Å². The number of Topliss-reactive ketones (excluding diaryl/α,β-unsaturated/α-hetero) is 3. The first-order valence-electron chi connectivity index (χ1n) is 22.2. The predicted molar refractivity (Wildman–Crippen MR) is 243 cm³/mol. The monoisotopic (exact) mass is 930 g/mol. The van der Waals surface area contributed by atoms with Crippen molar-refractivity contribution in [3.63, 3.8) is 0 Å². The number of halogens is 1. The minimum atomic E-state index is -2.15. The van der Waals surface area contributed by atoms with Crippen molar-refractivity contribution in [2.24, 2.45) is 23.7 Å². The van der Waals surface area contributed by atoms with Gasteiger partial charge in [0.05, 0.1) is 46.8 Å². The molecule has 0 radical (unpaired) electrons. The summed E-state index contributed by atoms with van der Waals surface area (Å²) in [6.45, 7) is 14.9. The van der Waals surface area contributed by atoms with Crippen molar-refractivity contribution in [1.82, 2.24) is 10.2 Å². The van der Waals surface area contributed by atoms with Crippen LogP contribution in [0.4, 0.5) is 0 Å². The normalized spacial score (nSPS) is 28.7. The third kappa shape index (κ3) is 9.62. The highest BCUT2D eigenvalue weighted by atomic mass is 35.5. The van der Waals surface area contributed by atoms with Crippen molar-refractivity contribution in [2.45, 2.75) is 112 Å². The number of esters is 2. The van der Waals surface area contributed by atoms with Crippen LogP contribution in [0.25, 0.3) is 0 Å². The number of aliphatic hydroxyl groups is 2. The van der Waals surface area contributed by atoms with E-state index >= 15 is 9.59 Å². The molecule has 5 bridgehead atoms. The second-order valence-electron chi connectivity index (χ2n) is 17.9. The average molecular weight is 931 g/mol. The van der Waals surface area contributed by atoms with E-state index in [0.717, 1.165) is 6.42 Å². The Morgan fingerprint density at radius 1 is 0.894 bits per heavy atom. The van der Waals surface area contributed by atoms with Crippen molar-refractivity contribution in [3.8, 4) is 11.5 Å². The maximum absolute atomic E-state index is 15.3. The number of nitrogens with one attached hydrogen (secondary N) is 1. The number of hydrogen-bond acceptors (Lipinski definition) is 14. The molecule has 1 saturated heterocycles. The lowest BCUT2D eigenvalue weighted by molar-refractivity contribution is -0.160. The molecular weight excluding hydrogens is 872 g/mol. The number of likely N-dealkylation sites (tertiary alicyclic amines) is 1. The summed E-state index contributed by atoms with van der Waals surface area (Å²) in [6.07, 6.45) is 5.57. The molecule has 1 amide bonds. The largest absolute Gasteiger partial charge is 0.462 e. The number of fused-ring (bicyclic) bond motifs is 14. The summed E-state index contributed by atoms with van der Waals surface area (Å²) in [5.41, 5.74) is -0.695. The van der Waals surface area contributed by atoms with Crippen molar-refractivity contribution in [3.05, 3.63) is 104 Å². The number of ketones is 3. The predicted octanol–water partition coefficient (Wildman–Crippen LogP) is 6.92. The van der Waals surface area contributed by atoms with E-state index in [4.69, 9.17) is 35.3 Å². The third-order valence-corrected chi connectivity index (χ3v) is 13.6. The van der Waals surface area contributed by atoms with Crippen molar-refractivity contribution < 1.29 is 62.7 Å². The molecular formula is C50H59ClN2O13. The Balaban J connectivity index is 1.56. The Bertz CT molecular complexity index is 2450. The highest BCUT2D eigenvalue weighted by Crippen LogP contribution is 2.50.